The summed E-state index contributed by atoms with van der Waals surface area (Å²) < 4.78 is 6.72. The quantitative estimate of drug-likeness (QED) is 0.731. The summed E-state index contributed by atoms with van der Waals surface area (Å²) >= 11 is 0. The highest BCUT2D eigenvalue weighted by molar-refractivity contribution is 5.74. The summed E-state index contributed by atoms with van der Waals surface area (Å²) in [5.74, 6) is -0.386. The van der Waals surface area contributed by atoms with Gasteiger partial charge in [-0.1, -0.05) is 24.3 Å². The molecule has 0 radical (unpaired) electrons. The van der Waals surface area contributed by atoms with E-state index in [0.29, 0.717) is 11.1 Å². The number of aromatic nitrogens is 1. The zero-order chi connectivity index (χ0) is 18.1. The number of hydrogen-bond donors (Lipinski definition) is 0. The van der Waals surface area contributed by atoms with E-state index in [1.807, 2.05) is 47.8 Å². The maximum atomic E-state index is 11.8. The summed E-state index contributed by atoms with van der Waals surface area (Å²) in [7, 11) is 1.69. The van der Waals surface area contributed by atoms with Gasteiger partial charge in [0.1, 0.15) is 6.04 Å². The van der Waals surface area contributed by atoms with Crippen LogP contribution in [0.2, 0.25) is 0 Å². The van der Waals surface area contributed by atoms with Gasteiger partial charge in [-0.25, -0.2) is 4.79 Å². The van der Waals surface area contributed by atoms with E-state index in [9.17, 15) is 4.79 Å². The molecule has 0 bridgehead atoms. The third-order valence-electron chi connectivity index (χ3n) is 4.47. The standard InChI is InChI=1S/C20H16N4O2/c1-23-17-12-16(8-9-18(17)26-20(23)25)19(24-11-3-2-10-22-24)15-6-4-14(13-21)5-7-15/h3-12,19H,2H2,1H3. The van der Waals surface area contributed by atoms with Gasteiger partial charge in [0.15, 0.2) is 5.58 Å². The zero-order valence-electron chi connectivity index (χ0n) is 14.2. The minimum Gasteiger partial charge on any atom is -0.408 e. The van der Waals surface area contributed by atoms with E-state index in [4.69, 9.17) is 9.68 Å². The molecule has 3 aromatic rings. The first-order chi connectivity index (χ1) is 12.7. The van der Waals surface area contributed by atoms with Crippen LogP contribution in [0, 0.1) is 11.3 Å². The van der Waals surface area contributed by atoms with E-state index in [1.54, 1.807) is 25.2 Å². The number of fused-ring (bicyclic) bond motifs is 1. The largest absolute Gasteiger partial charge is 0.419 e. The van der Waals surface area contributed by atoms with Crippen molar-refractivity contribution in [2.45, 2.75) is 12.5 Å². The SMILES string of the molecule is Cn1c(=O)oc2ccc(C(c3ccc(C#N)cc3)N3C=CCC=N3)cc21. The van der Waals surface area contributed by atoms with Gasteiger partial charge in [0, 0.05) is 25.9 Å². The lowest BCUT2D eigenvalue weighted by Crippen LogP contribution is -2.21. The Kier molecular flexibility index (Phi) is 3.90. The average molecular weight is 344 g/mol. The van der Waals surface area contributed by atoms with Gasteiger partial charge in [-0.2, -0.15) is 10.4 Å². The molecule has 128 valence electrons. The number of hydrazone groups is 1. The molecule has 1 unspecified atom stereocenters. The van der Waals surface area contributed by atoms with Crippen molar-refractivity contribution >= 4 is 17.3 Å². The van der Waals surface area contributed by atoms with Crippen molar-refractivity contribution in [3.8, 4) is 6.07 Å². The van der Waals surface area contributed by atoms with Gasteiger partial charge in [-0.3, -0.25) is 9.58 Å². The molecule has 0 amide bonds. The van der Waals surface area contributed by atoms with Crippen LogP contribution in [0.5, 0.6) is 0 Å². The van der Waals surface area contributed by atoms with Crippen LogP contribution in [0.25, 0.3) is 11.1 Å². The molecular formula is C20H16N4O2. The Balaban J connectivity index is 1.86. The molecule has 1 aliphatic heterocycles. The summed E-state index contributed by atoms with van der Waals surface area (Å²) in [6.45, 7) is 0. The van der Waals surface area contributed by atoms with Crippen molar-refractivity contribution in [3.63, 3.8) is 0 Å². The average Bonchev–Trinajstić information content (AvgIpc) is 2.97. The summed E-state index contributed by atoms with van der Waals surface area (Å²) in [4.78, 5) is 11.8. The molecule has 0 fully saturated rings. The molecule has 1 atom stereocenters. The lowest BCUT2D eigenvalue weighted by Gasteiger charge is -2.28. The number of nitriles is 1. The smallest absolute Gasteiger partial charge is 0.408 e. The number of benzene rings is 2. The van der Waals surface area contributed by atoms with Crippen LogP contribution in [0.4, 0.5) is 0 Å². The molecule has 0 aliphatic carbocycles. The van der Waals surface area contributed by atoms with E-state index in [1.165, 1.54) is 4.57 Å². The second-order valence-corrected chi connectivity index (χ2v) is 6.09. The Hall–Kier alpha value is -3.59. The van der Waals surface area contributed by atoms with Gasteiger partial charge in [-0.15, -0.1) is 0 Å². The van der Waals surface area contributed by atoms with Crippen LogP contribution in [0.3, 0.4) is 0 Å². The molecule has 0 N–H and O–H groups in total. The Morgan fingerprint density at radius 2 is 1.96 bits per heavy atom. The highest BCUT2D eigenvalue weighted by Gasteiger charge is 2.22. The normalized spacial score (nSPS) is 14.5. The van der Waals surface area contributed by atoms with E-state index in [2.05, 4.69) is 11.2 Å². The number of rotatable bonds is 3. The molecule has 6 heteroatoms. The first-order valence-electron chi connectivity index (χ1n) is 8.24. The molecule has 26 heavy (non-hydrogen) atoms. The van der Waals surface area contributed by atoms with Crippen molar-refractivity contribution < 1.29 is 4.42 Å². The summed E-state index contributed by atoms with van der Waals surface area (Å²) in [5.41, 5.74) is 3.87. The van der Waals surface area contributed by atoms with Crippen molar-refractivity contribution in [1.82, 2.24) is 9.58 Å². The highest BCUT2D eigenvalue weighted by Crippen LogP contribution is 2.32. The fourth-order valence-electron chi connectivity index (χ4n) is 3.11. The molecule has 2 aromatic carbocycles. The summed E-state index contributed by atoms with van der Waals surface area (Å²) in [5, 5.41) is 15.4. The fraction of sp³-hybridized carbons (Fsp3) is 0.150. The Bertz CT molecular complexity index is 1100. The lowest BCUT2D eigenvalue weighted by atomic mass is 9.97. The van der Waals surface area contributed by atoms with Crippen LogP contribution in [0.15, 0.2) is 69.1 Å². The van der Waals surface area contributed by atoms with Crippen LogP contribution >= 0.6 is 0 Å². The van der Waals surface area contributed by atoms with Crippen LogP contribution in [-0.4, -0.2) is 15.8 Å². The zero-order valence-corrected chi connectivity index (χ0v) is 14.2. The number of aryl methyl sites for hydroxylation is 1. The molecule has 2 heterocycles. The van der Waals surface area contributed by atoms with Gasteiger partial charge in [0.05, 0.1) is 17.1 Å². The highest BCUT2D eigenvalue weighted by atomic mass is 16.4. The number of allylic oxidation sites excluding steroid dienone is 1. The molecule has 4 rings (SSSR count). The third-order valence-corrected chi connectivity index (χ3v) is 4.47. The fourth-order valence-corrected chi connectivity index (χ4v) is 3.11. The summed E-state index contributed by atoms with van der Waals surface area (Å²) in [6.07, 6.45) is 6.63. The second-order valence-electron chi connectivity index (χ2n) is 6.09. The van der Waals surface area contributed by atoms with E-state index in [-0.39, 0.29) is 11.8 Å². The van der Waals surface area contributed by atoms with Crippen LogP contribution < -0.4 is 5.76 Å². The summed E-state index contributed by atoms with van der Waals surface area (Å²) in [6, 6.07) is 15.1. The third kappa shape index (κ3) is 2.70. The van der Waals surface area contributed by atoms with Crippen molar-refractivity contribution in [2.75, 3.05) is 0 Å². The molecule has 0 saturated heterocycles. The minimum atomic E-state index is -0.386. The van der Waals surface area contributed by atoms with Crippen molar-refractivity contribution in [1.29, 1.82) is 5.26 Å². The maximum absolute atomic E-state index is 11.8. The van der Waals surface area contributed by atoms with Gasteiger partial charge >= 0.3 is 5.76 Å². The van der Waals surface area contributed by atoms with E-state index in [0.717, 1.165) is 23.1 Å². The number of hydrogen-bond acceptors (Lipinski definition) is 5. The molecular weight excluding hydrogens is 328 g/mol. The number of oxazole rings is 1. The topological polar surface area (TPSA) is 74.5 Å². The van der Waals surface area contributed by atoms with Crippen LogP contribution in [0.1, 0.15) is 29.2 Å². The predicted octanol–water partition coefficient (Wildman–Crippen LogP) is 3.30. The molecule has 6 nitrogen and oxygen atoms in total. The van der Waals surface area contributed by atoms with Gasteiger partial charge < -0.3 is 4.42 Å². The predicted molar refractivity (Wildman–Crippen MR) is 98.5 cm³/mol. The first kappa shape index (κ1) is 15.9. The van der Waals surface area contributed by atoms with E-state index < -0.39 is 0 Å². The number of nitrogens with zero attached hydrogens (tertiary/aromatic N) is 4. The Morgan fingerprint density at radius 1 is 1.19 bits per heavy atom. The monoisotopic (exact) mass is 344 g/mol. The Labute approximate surface area is 149 Å². The van der Waals surface area contributed by atoms with Crippen molar-refractivity contribution in [2.24, 2.45) is 12.1 Å². The molecule has 0 spiro atoms. The van der Waals surface area contributed by atoms with Gasteiger partial charge in [0.25, 0.3) is 0 Å². The van der Waals surface area contributed by atoms with Crippen molar-refractivity contribution in [3.05, 3.63) is 82.0 Å². The molecule has 1 aliphatic rings. The van der Waals surface area contributed by atoms with E-state index >= 15 is 0 Å². The molecule has 1 aromatic heterocycles. The van der Waals surface area contributed by atoms with Gasteiger partial charge in [-0.05, 0) is 35.4 Å². The maximum Gasteiger partial charge on any atom is 0.419 e. The Morgan fingerprint density at radius 3 is 2.65 bits per heavy atom. The lowest BCUT2D eigenvalue weighted by molar-refractivity contribution is 0.331. The second kappa shape index (κ2) is 6.37. The molecule has 0 saturated carbocycles. The first-order valence-corrected chi connectivity index (χ1v) is 8.24. The van der Waals surface area contributed by atoms with Gasteiger partial charge in [0.2, 0.25) is 0 Å². The minimum absolute atomic E-state index is 0.176. The van der Waals surface area contributed by atoms with Crippen LogP contribution in [-0.2, 0) is 7.05 Å².